The first kappa shape index (κ1) is 16.4. The van der Waals surface area contributed by atoms with Crippen LogP contribution in [0.1, 0.15) is 52.5 Å². The van der Waals surface area contributed by atoms with Gasteiger partial charge in [-0.15, -0.1) is 0 Å². The normalized spacial score (nSPS) is 14.4. The Morgan fingerprint density at radius 3 is 2.65 bits per heavy atom. The second kappa shape index (κ2) is 6.05. The summed E-state index contributed by atoms with van der Waals surface area (Å²) in [6, 6.07) is 6.75. The van der Waals surface area contributed by atoms with Crippen LogP contribution < -0.4 is 10.4 Å². The number of carbonyl (C=O) groups is 1. The molecule has 1 aliphatic rings. The molecule has 134 valence electrons. The molecule has 1 aromatic carbocycles. The molecule has 2 aromatic heterocycles. The van der Waals surface area contributed by atoms with Crippen molar-refractivity contribution < 1.29 is 23.5 Å². The predicted molar refractivity (Wildman–Crippen MR) is 94.0 cm³/mol. The molecule has 3 aromatic rings. The predicted octanol–water partition coefficient (Wildman–Crippen LogP) is 4.02. The average Bonchev–Trinajstić information content (AvgIpc) is 3.27. The van der Waals surface area contributed by atoms with Crippen molar-refractivity contribution in [3.8, 4) is 5.75 Å². The molecule has 26 heavy (non-hydrogen) atoms. The third kappa shape index (κ3) is 2.58. The molecule has 0 saturated carbocycles. The monoisotopic (exact) mass is 354 g/mol. The van der Waals surface area contributed by atoms with Crippen molar-refractivity contribution >= 4 is 16.9 Å². The van der Waals surface area contributed by atoms with Gasteiger partial charge in [0, 0.05) is 16.5 Å². The number of carboxylic acid groups (broad SMARTS) is 1. The van der Waals surface area contributed by atoms with E-state index in [4.69, 9.17) is 18.7 Å². The molecule has 1 atom stereocenters. The number of fused-ring (bicyclic) bond motifs is 3. The average molecular weight is 354 g/mol. The molecule has 0 bridgehead atoms. The van der Waals surface area contributed by atoms with E-state index in [1.807, 2.05) is 19.1 Å². The summed E-state index contributed by atoms with van der Waals surface area (Å²) >= 11 is 0. The molecule has 0 fully saturated rings. The van der Waals surface area contributed by atoms with Crippen molar-refractivity contribution in [3.05, 3.63) is 62.9 Å². The maximum Gasteiger partial charge on any atom is 0.371 e. The summed E-state index contributed by atoms with van der Waals surface area (Å²) in [6.45, 7) is 3.62. The standard InChI is InChI=1S/C20H18O6/c1-10-15(24-11(2)16-8-9-17(25-16)19(21)22)7-6-13-12-4-3-5-14(12)20(23)26-18(10)13/h6-9,11H,3-5H2,1-2H3,(H,21,22). The van der Waals surface area contributed by atoms with Crippen molar-refractivity contribution in [2.75, 3.05) is 0 Å². The number of benzene rings is 1. The zero-order valence-corrected chi connectivity index (χ0v) is 14.5. The van der Waals surface area contributed by atoms with Crippen molar-refractivity contribution in [3.63, 3.8) is 0 Å². The topological polar surface area (TPSA) is 89.9 Å². The Kier molecular flexibility index (Phi) is 3.83. The van der Waals surface area contributed by atoms with E-state index in [9.17, 15) is 9.59 Å². The molecule has 1 unspecified atom stereocenters. The molecule has 0 spiro atoms. The van der Waals surface area contributed by atoms with Gasteiger partial charge in [0.25, 0.3) is 0 Å². The minimum Gasteiger partial charge on any atom is -0.482 e. The number of aryl methyl sites for hydroxylation is 2. The number of ether oxygens (including phenoxy) is 1. The van der Waals surface area contributed by atoms with Gasteiger partial charge in [-0.05, 0) is 62.9 Å². The smallest absolute Gasteiger partial charge is 0.371 e. The van der Waals surface area contributed by atoms with Gasteiger partial charge in [-0.2, -0.15) is 0 Å². The highest BCUT2D eigenvalue weighted by Gasteiger charge is 2.22. The van der Waals surface area contributed by atoms with E-state index >= 15 is 0 Å². The fourth-order valence-corrected chi connectivity index (χ4v) is 3.53. The Morgan fingerprint density at radius 1 is 1.15 bits per heavy atom. The van der Waals surface area contributed by atoms with Gasteiger partial charge in [0.05, 0.1) is 0 Å². The Balaban J connectivity index is 1.71. The largest absolute Gasteiger partial charge is 0.482 e. The molecular formula is C20H18O6. The quantitative estimate of drug-likeness (QED) is 0.712. The molecule has 6 heteroatoms. The molecule has 0 aliphatic heterocycles. The summed E-state index contributed by atoms with van der Waals surface area (Å²) in [7, 11) is 0. The van der Waals surface area contributed by atoms with Crippen LogP contribution in [0.5, 0.6) is 5.75 Å². The fourth-order valence-electron chi connectivity index (χ4n) is 3.53. The number of carboxylic acids is 1. The number of hydrogen-bond acceptors (Lipinski definition) is 5. The summed E-state index contributed by atoms with van der Waals surface area (Å²) in [5.74, 6) is -0.273. The molecular weight excluding hydrogens is 336 g/mol. The Hall–Kier alpha value is -3.02. The molecule has 1 aliphatic carbocycles. The lowest BCUT2D eigenvalue weighted by Crippen LogP contribution is -2.08. The van der Waals surface area contributed by atoms with Gasteiger partial charge in [0.15, 0.2) is 6.10 Å². The van der Waals surface area contributed by atoms with E-state index in [-0.39, 0.29) is 11.4 Å². The molecule has 4 rings (SSSR count). The SMILES string of the molecule is Cc1c(OC(C)c2ccc(C(=O)O)o2)ccc2c3c(c(=O)oc12)CCC3. The number of furan rings is 1. The first-order valence-electron chi connectivity index (χ1n) is 8.53. The third-order valence-electron chi connectivity index (χ3n) is 4.88. The van der Waals surface area contributed by atoms with Crippen LogP contribution in [0.15, 0.2) is 37.9 Å². The molecule has 0 saturated heterocycles. The highest BCUT2D eigenvalue weighted by Crippen LogP contribution is 2.34. The summed E-state index contributed by atoms with van der Waals surface area (Å²) in [6.07, 6.45) is 2.14. The van der Waals surface area contributed by atoms with Crippen molar-refractivity contribution in [1.29, 1.82) is 0 Å². The minimum atomic E-state index is -1.12. The van der Waals surface area contributed by atoms with Crippen LogP contribution in [0.4, 0.5) is 0 Å². The highest BCUT2D eigenvalue weighted by atomic mass is 16.5. The van der Waals surface area contributed by atoms with Crippen LogP contribution in [0.25, 0.3) is 11.0 Å². The van der Waals surface area contributed by atoms with Gasteiger partial charge in [-0.1, -0.05) is 0 Å². The minimum absolute atomic E-state index is 0.132. The van der Waals surface area contributed by atoms with Crippen LogP contribution in [-0.4, -0.2) is 11.1 Å². The fraction of sp³-hybridized carbons (Fsp3) is 0.300. The van der Waals surface area contributed by atoms with E-state index < -0.39 is 12.1 Å². The summed E-state index contributed by atoms with van der Waals surface area (Å²) in [4.78, 5) is 23.2. The van der Waals surface area contributed by atoms with E-state index in [1.54, 1.807) is 13.0 Å². The zero-order chi connectivity index (χ0) is 18.4. The van der Waals surface area contributed by atoms with Gasteiger partial charge in [0.1, 0.15) is 17.1 Å². The molecule has 6 nitrogen and oxygen atoms in total. The zero-order valence-electron chi connectivity index (χ0n) is 14.5. The number of aromatic carboxylic acids is 1. The summed E-state index contributed by atoms with van der Waals surface area (Å²) < 4.78 is 16.8. The lowest BCUT2D eigenvalue weighted by atomic mass is 10.0. The second-order valence-corrected chi connectivity index (χ2v) is 6.53. The molecule has 1 N–H and O–H groups in total. The second-order valence-electron chi connectivity index (χ2n) is 6.53. The third-order valence-corrected chi connectivity index (χ3v) is 4.88. The van der Waals surface area contributed by atoms with Crippen molar-refractivity contribution in [1.82, 2.24) is 0 Å². The Morgan fingerprint density at radius 2 is 1.92 bits per heavy atom. The highest BCUT2D eigenvalue weighted by molar-refractivity contribution is 5.86. The van der Waals surface area contributed by atoms with Crippen LogP contribution in [0, 0.1) is 6.92 Å². The Bertz CT molecular complexity index is 1070. The molecule has 2 heterocycles. The summed E-state index contributed by atoms with van der Waals surface area (Å²) in [5.41, 5.74) is 2.89. The van der Waals surface area contributed by atoms with E-state index in [1.165, 1.54) is 6.07 Å². The molecule has 0 amide bonds. The van der Waals surface area contributed by atoms with Gasteiger partial charge >= 0.3 is 11.6 Å². The summed E-state index contributed by atoms with van der Waals surface area (Å²) in [5, 5.41) is 9.92. The van der Waals surface area contributed by atoms with Gasteiger partial charge < -0.3 is 18.7 Å². The number of rotatable bonds is 4. The first-order valence-corrected chi connectivity index (χ1v) is 8.53. The van der Waals surface area contributed by atoms with E-state index in [0.29, 0.717) is 17.1 Å². The maximum absolute atomic E-state index is 12.2. The Labute approximate surface area is 149 Å². The van der Waals surface area contributed by atoms with Gasteiger partial charge in [0.2, 0.25) is 5.76 Å². The maximum atomic E-state index is 12.2. The van der Waals surface area contributed by atoms with Crippen LogP contribution in [0.3, 0.4) is 0 Å². The first-order chi connectivity index (χ1) is 12.5. The van der Waals surface area contributed by atoms with Crippen LogP contribution >= 0.6 is 0 Å². The van der Waals surface area contributed by atoms with Crippen LogP contribution in [-0.2, 0) is 12.8 Å². The van der Waals surface area contributed by atoms with Crippen LogP contribution in [0.2, 0.25) is 0 Å². The van der Waals surface area contributed by atoms with E-state index in [2.05, 4.69) is 0 Å². The van der Waals surface area contributed by atoms with E-state index in [0.717, 1.165) is 41.3 Å². The lowest BCUT2D eigenvalue weighted by molar-refractivity contribution is 0.0655. The van der Waals surface area contributed by atoms with Crippen molar-refractivity contribution in [2.45, 2.75) is 39.2 Å². The van der Waals surface area contributed by atoms with Crippen molar-refractivity contribution in [2.24, 2.45) is 0 Å². The molecule has 0 radical (unpaired) electrons. The number of hydrogen-bond donors (Lipinski definition) is 1. The van der Waals surface area contributed by atoms with Gasteiger partial charge in [-0.3, -0.25) is 0 Å². The lowest BCUT2D eigenvalue weighted by Gasteiger charge is -2.16. The van der Waals surface area contributed by atoms with Gasteiger partial charge in [-0.25, -0.2) is 9.59 Å².